The van der Waals surface area contributed by atoms with Gasteiger partial charge >= 0.3 is 6.18 Å². The van der Waals surface area contributed by atoms with E-state index in [1.165, 1.54) is 24.3 Å². The van der Waals surface area contributed by atoms with Crippen LogP contribution in [0.4, 0.5) is 13.2 Å². The first-order chi connectivity index (χ1) is 11.6. The number of alkyl halides is 3. The lowest BCUT2D eigenvalue weighted by atomic mass is 10.3. The molecule has 1 heterocycles. The van der Waals surface area contributed by atoms with Crippen molar-refractivity contribution in [3.63, 3.8) is 0 Å². The van der Waals surface area contributed by atoms with Crippen LogP contribution in [0.3, 0.4) is 0 Å². The van der Waals surface area contributed by atoms with Crippen molar-refractivity contribution in [1.29, 1.82) is 0 Å². The molecule has 0 radical (unpaired) electrons. The number of nitrogens with one attached hydrogen (secondary N) is 1. The Morgan fingerprint density at radius 3 is 2.36 bits per heavy atom. The predicted molar refractivity (Wildman–Crippen MR) is 91.6 cm³/mol. The van der Waals surface area contributed by atoms with E-state index in [4.69, 9.17) is 23.2 Å². The van der Waals surface area contributed by atoms with Crippen molar-refractivity contribution in [2.75, 3.05) is 12.3 Å². The summed E-state index contributed by atoms with van der Waals surface area (Å²) in [5.41, 5.74) is -0.906. The third-order valence-corrected chi connectivity index (χ3v) is 5.70. The lowest BCUT2D eigenvalue weighted by Crippen LogP contribution is -2.26. The average Bonchev–Trinajstić information content (AvgIpc) is 2.51. The molecule has 0 bridgehead atoms. The molecule has 0 fully saturated rings. The number of pyridine rings is 1. The molecule has 0 aliphatic carbocycles. The second-order valence-corrected chi connectivity index (χ2v) is 8.42. The van der Waals surface area contributed by atoms with Crippen molar-refractivity contribution in [3.05, 3.63) is 52.1 Å². The number of rotatable bonds is 6. The Hall–Kier alpha value is -1.00. The Kier molecular flexibility index (Phi) is 6.61. The van der Waals surface area contributed by atoms with E-state index < -0.39 is 21.8 Å². The van der Waals surface area contributed by atoms with Crippen LogP contribution in [0.5, 0.6) is 0 Å². The highest BCUT2D eigenvalue weighted by atomic mass is 35.5. The van der Waals surface area contributed by atoms with Crippen LogP contribution in [0.25, 0.3) is 0 Å². The second-order valence-electron chi connectivity index (χ2n) is 4.71. The van der Waals surface area contributed by atoms with Gasteiger partial charge in [0.05, 0.1) is 15.5 Å². The normalized spacial score (nSPS) is 12.4. The minimum atomic E-state index is -4.53. The highest BCUT2D eigenvalue weighted by Crippen LogP contribution is 2.32. The Morgan fingerprint density at radius 2 is 1.76 bits per heavy atom. The van der Waals surface area contributed by atoms with Gasteiger partial charge in [-0.25, -0.2) is 18.1 Å². The maximum atomic E-state index is 12.7. The van der Waals surface area contributed by atoms with Gasteiger partial charge in [-0.1, -0.05) is 23.2 Å². The zero-order chi connectivity index (χ0) is 18.7. The second kappa shape index (κ2) is 8.13. The first-order valence-corrected chi connectivity index (χ1v) is 9.93. The molecule has 0 atom stereocenters. The number of hydrogen-bond donors (Lipinski definition) is 1. The average molecular weight is 431 g/mol. The Balaban J connectivity index is 1.95. The summed E-state index contributed by atoms with van der Waals surface area (Å²) in [6.45, 7) is 0.00513. The van der Waals surface area contributed by atoms with E-state index in [1.54, 1.807) is 0 Å². The molecule has 4 nitrogen and oxygen atoms in total. The molecule has 136 valence electrons. The predicted octanol–water partition coefficient (Wildman–Crippen LogP) is 4.48. The van der Waals surface area contributed by atoms with E-state index in [0.29, 0.717) is 5.02 Å². The zero-order valence-corrected chi connectivity index (χ0v) is 15.5. The molecule has 2 aromatic rings. The number of sulfonamides is 1. The molecule has 0 aliphatic heterocycles. The SMILES string of the molecule is O=S(=O)(NCCSc1cc(C(F)(F)F)cc(Cl)n1)c1ccc(Cl)cc1. The molecule has 1 aromatic carbocycles. The number of nitrogens with zero attached hydrogens (tertiary/aromatic N) is 1. The van der Waals surface area contributed by atoms with Crippen LogP contribution in [0, 0.1) is 0 Å². The van der Waals surface area contributed by atoms with Gasteiger partial charge in [-0.3, -0.25) is 0 Å². The fourth-order valence-electron chi connectivity index (χ4n) is 1.74. The first kappa shape index (κ1) is 20.3. The third-order valence-electron chi connectivity index (χ3n) is 2.87. The highest BCUT2D eigenvalue weighted by molar-refractivity contribution is 7.99. The van der Waals surface area contributed by atoms with Crippen LogP contribution in [0.1, 0.15) is 5.56 Å². The molecule has 2 rings (SSSR count). The summed E-state index contributed by atoms with van der Waals surface area (Å²) in [7, 11) is -3.72. The van der Waals surface area contributed by atoms with E-state index in [0.717, 1.165) is 23.9 Å². The van der Waals surface area contributed by atoms with E-state index in [-0.39, 0.29) is 27.4 Å². The topological polar surface area (TPSA) is 59.1 Å². The van der Waals surface area contributed by atoms with Crippen LogP contribution in [0.15, 0.2) is 46.3 Å². The Bertz CT molecular complexity index is 844. The van der Waals surface area contributed by atoms with Gasteiger partial charge in [-0.15, -0.1) is 11.8 Å². The summed E-state index contributed by atoms with van der Waals surface area (Å²) in [5.74, 6) is 0.178. The van der Waals surface area contributed by atoms with E-state index in [2.05, 4.69) is 9.71 Å². The first-order valence-electron chi connectivity index (χ1n) is 6.71. The lowest BCUT2D eigenvalue weighted by Gasteiger charge is -2.09. The van der Waals surface area contributed by atoms with Gasteiger partial charge in [0.2, 0.25) is 10.0 Å². The Morgan fingerprint density at radius 1 is 1.12 bits per heavy atom. The minimum Gasteiger partial charge on any atom is -0.230 e. The van der Waals surface area contributed by atoms with Gasteiger partial charge < -0.3 is 0 Å². The van der Waals surface area contributed by atoms with Crippen LogP contribution in [-0.2, 0) is 16.2 Å². The number of hydrogen-bond acceptors (Lipinski definition) is 4. The standard InChI is InChI=1S/C14H11Cl2F3N2O2S2/c15-10-1-3-11(4-2-10)25(22,23)20-5-6-24-13-8-9(14(17,18)19)7-12(16)21-13/h1-4,7-8,20H,5-6H2. The van der Waals surface area contributed by atoms with Crippen LogP contribution < -0.4 is 4.72 Å². The van der Waals surface area contributed by atoms with Crippen molar-refractivity contribution < 1.29 is 21.6 Å². The fourth-order valence-corrected chi connectivity index (χ4v) is 4.07. The summed E-state index contributed by atoms with van der Waals surface area (Å²) in [4.78, 5) is 3.83. The number of benzene rings is 1. The number of aromatic nitrogens is 1. The quantitative estimate of drug-likeness (QED) is 0.417. The highest BCUT2D eigenvalue weighted by Gasteiger charge is 2.31. The van der Waals surface area contributed by atoms with E-state index in [9.17, 15) is 21.6 Å². The van der Waals surface area contributed by atoms with E-state index in [1.807, 2.05) is 0 Å². The van der Waals surface area contributed by atoms with Crippen molar-refractivity contribution in [2.45, 2.75) is 16.1 Å². The van der Waals surface area contributed by atoms with Gasteiger partial charge in [0.25, 0.3) is 0 Å². The van der Waals surface area contributed by atoms with Crippen molar-refractivity contribution >= 4 is 45.0 Å². The van der Waals surface area contributed by atoms with Crippen LogP contribution in [0.2, 0.25) is 10.2 Å². The maximum absolute atomic E-state index is 12.7. The summed E-state index contributed by atoms with van der Waals surface area (Å²) in [6, 6.07) is 7.19. The molecular weight excluding hydrogens is 420 g/mol. The molecule has 0 saturated heterocycles. The van der Waals surface area contributed by atoms with Gasteiger partial charge in [-0.2, -0.15) is 13.2 Å². The smallest absolute Gasteiger partial charge is 0.230 e. The van der Waals surface area contributed by atoms with Gasteiger partial charge in [0.1, 0.15) is 5.15 Å². The van der Waals surface area contributed by atoms with Crippen LogP contribution >= 0.6 is 35.0 Å². The molecular formula is C14H11Cl2F3N2O2S2. The van der Waals surface area contributed by atoms with Gasteiger partial charge in [0, 0.05) is 17.3 Å². The summed E-state index contributed by atoms with van der Waals surface area (Å²) >= 11 is 12.2. The lowest BCUT2D eigenvalue weighted by molar-refractivity contribution is -0.137. The molecule has 1 N–H and O–H groups in total. The molecule has 0 aliphatic rings. The molecule has 0 saturated carbocycles. The Labute approximate surface area is 156 Å². The molecule has 11 heteroatoms. The third kappa shape index (κ3) is 6.03. The van der Waals surface area contributed by atoms with Gasteiger partial charge in [-0.05, 0) is 36.4 Å². The number of thioether (sulfide) groups is 1. The largest absolute Gasteiger partial charge is 0.416 e. The molecule has 0 spiro atoms. The van der Waals surface area contributed by atoms with Crippen molar-refractivity contribution in [3.8, 4) is 0 Å². The van der Waals surface area contributed by atoms with Crippen molar-refractivity contribution in [2.24, 2.45) is 0 Å². The molecule has 1 aromatic heterocycles. The van der Waals surface area contributed by atoms with E-state index >= 15 is 0 Å². The molecule has 0 amide bonds. The summed E-state index contributed by atoms with van der Waals surface area (Å²) < 4.78 is 64.6. The summed E-state index contributed by atoms with van der Waals surface area (Å²) in [6.07, 6.45) is -4.53. The molecule has 0 unspecified atom stereocenters. The minimum absolute atomic E-state index is 0.00513. The molecule has 25 heavy (non-hydrogen) atoms. The fraction of sp³-hybridized carbons (Fsp3) is 0.214. The number of halogens is 5. The summed E-state index contributed by atoms with van der Waals surface area (Å²) in [5, 5.41) is 0.187. The van der Waals surface area contributed by atoms with Gasteiger partial charge in [0.15, 0.2) is 0 Å². The van der Waals surface area contributed by atoms with Crippen molar-refractivity contribution in [1.82, 2.24) is 9.71 Å². The zero-order valence-electron chi connectivity index (χ0n) is 12.3. The van der Waals surface area contributed by atoms with Crippen LogP contribution in [-0.4, -0.2) is 25.7 Å². The maximum Gasteiger partial charge on any atom is 0.416 e. The monoisotopic (exact) mass is 430 g/mol.